The first-order chi connectivity index (χ1) is 11.6. The van der Waals surface area contributed by atoms with Crippen LogP contribution >= 0.6 is 36.2 Å². The van der Waals surface area contributed by atoms with Crippen molar-refractivity contribution in [1.29, 1.82) is 0 Å². The minimum atomic E-state index is 0. The van der Waals surface area contributed by atoms with E-state index < -0.39 is 0 Å². The van der Waals surface area contributed by atoms with Crippen molar-refractivity contribution >= 4 is 42.1 Å². The van der Waals surface area contributed by atoms with Gasteiger partial charge in [0.2, 0.25) is 0 Å². The van der Waals surface area contributed by atoms with E-state index in [1.165, 1.54) is 0 Å². The molecule has 1 aromatic carbocycles. The van der Waals surface area contributed by atoms with Crippen LogP contribution in [0.5, 0.6) is 5.75 Å². The standard InChI is InChI=1S/C18H23N3O2S.2ClH/c1-12-6-14(8-19)9-21(12)18(22)15-4-3-5-17(7-15)23-10-16-11-24-13(2)20-16;;/h3-5,7,11-12,14H,6,8-10,19H2,1-2H3;2*1H. The summed E-state index contributed by atoms with van der Waals surface area (Å²) in [6, 6.07) is 7.60. The number of hydrogen-bond donors (Lipinski definition) is 1. The number of aryl methyl sites for hydroxylation is 1. The van der Waals surface area contributed by atoms with Crippen molar-refractivity contribution in [2.24, 2.45) is 11.7 Å². The van der Waals surface area contributed by atoms with Crippen LogP contribution in [0.2, 0.25) is 0 Å². The summed E-state index contributed by atoms with van der Waals surface area (Å²) in [5.74, 6) is 1.14. The molecule has 0 aliphatic carbocycles. The average Bonchev–Trinajstić information content (AvgIpc) is 3.18. The van der Waals surface area contributed by atoms with Crippen molar-refractivity contribution in [2.45, 2.75) is 32.9 Å². The van der Waals surface area contributed by atoms with Crippen LogP contribution in [-0.4, -0.2) is 34.9 Å². The van der Waals surface area contributed by atoms with Gasteiger partial charge in [0, 0.05) is 23.5 Å². The third-order valence-corrected chi connectivity index (χ3v) is 5.21. The lowest BCUT2D eigenvalue weighted by Crippen LogP contribution is -2.34. The molecule has 26 heavy (non-hydrogen) atoms. The van der Waals surface area contributed by atoms with Gasteiger partial charge in [0.1, 0.15) is 12.4 Å². The molecule has 1 aromatic heterocycles. The van der Waals surface area contributed by atoms with Gasteiger partial charge in [-0.2, -0.15) is 0 Å². The number of nitrogens with zero attached hydrogens (tertiary/aromatic N) is 2. The Hall–Kier alpha value is -1.34. The zero-order valence-corrected chi connectivity index (χ0v) is 17.3. The lowest BCUT2D eigenvalue weighted by atomic mass is 10.1. The molecule has 5 nitrogen and oxygen atoms in total. The van der Waals surface area contributed by atoms with E-state index in [-0.39, 0.29) is 36.8 Å². The number of carbonyl (C=O) groups excluding carboxylic acids is 1. The van der Waals surface area contributed by atoms with E-state index in [0.717, 1.165) is 23.7 Å². The van der Waals surface area contributed by atoms with Crippen LogP contribution in [0.4, 0.5) is 0 Å². The Morgan fingerprint density at radius 3 is 2.81 bits per heavy atom. The molecule has 2 unspecified atom stereocenters. The summed E-state index contributed by atoms with van der Waals surface area (Å²) in [6.07, 6.45) is 0.974. The van der Waals surface area contributed by atoms with Gasteiger partial charge in [-0.25, -0.2) is 4.98 Å². The quantitative estimate of drug-likeness (QED) is 0.804. The van der Waals surface area contributed by atoms with Crippen molar-refractivity contribution in [3.8, 4) is 5.75 Å². The van der Waals surface area contributed by atoms with E-state index in [1.54, 1.807) is 11.3 Å². The lowest BCUT2D eigenvalue weighted by Gasteiger charge is -2.21. The number of nitrogens with two attached hydrogens (primary N) is 1. The SMILES string of the molecule is Cc1nc(COc2cccc(C(=O)N3CC(CN)CC3C)c2)cs1.Cl.Cl. The van der Waals surface area contributed by atoms with Gasteiger partial charge >= 0.3 is 0 Å². The highest BCUT2D eigenvalue weighted by atomic mass is 35.5. The van der Waals surface area contributed by atoms with Gasteiger partial charge in [-0.3, -0.25) is 4.79 Å². The largest absolute Gasteiger partial charge is 0.487 e. The normalized spacial score (nSPS) is 18.8. The number of carbonyl (C=O) groups is 1. The van der Waals surface area contributed by atoms with E-state index >= 15 is 0 Å². The van der Waals surface area contributed by atoms with Crippen LogP contribution in [0, 0.1) is 12.8 Å². The summed E-state index contributed by atoms with van der Waals surface area (Å²) in [5.41, 5.74) is 7.32. The minimum absolute atomic E-state index is 0. The molecule has 2 aromatic rings. The Morgan fingerprint density at radius 1 is 1.42 bits per heavy atom. The number of hydrogen-bond acceptors (Lipinski definition) is 5. The van der Waals surface area contributed by atoms with Gasteiger partial charge in [-0.1, -0.05) is 6.07 Å². The predicted octanol–water partition coefficient (Wildman–Crippen LogP) is 3.68. The number of rotatable bonds is 5. The van der Waals surface area contributed by atoms with E-state index in [1.807, 2.05) is 41.5 Å². The zero-order valence-electron chi connectivity index (χ0n) is 14.9. The highest BCUT2D eigenvalue weighted by Gasteiger charge is 2.32. The predicted molar refractivity (Wildman–Crippen MR) is 110 cm³/mol. The highest BCUT2D eigenvalue weighted by molar-refractivity contribution is 7.09. The number of thiazole rings is 1. The number of benzene rings is 1. The first-order valence-electron chi connectivity index (χ1n) is 8.21. The van der Waals surface area contributed by atoms with Gasteiger partial charge in [-0.15, -0.1) is 36.2 Å². The molecular formula is C18H25Cl2N3O2S. The van der Waals surface area contributed by atoms with Crippen LogP contribution in [0.1, 0.15) is 34.4 Å². The van der Waals surface area contributed by atoms with Crippen molar-refractivity contribution in [1.82, 2.24) is 9.88 Å². The maximum Gasteiger partial charge on any atom is 0.254 e. The number of likely N-dealkylation sites (tertiary alicyclic amines) is 1. The third kappa shape index (κ3) is 5.33. The van der Waals surface area contributed by atoms with Crippen LogP contribution < -0.4 is 10.5 Å². The molecule has 1 saturated heterocycles. The second-order valence-corrected chi connectivity index (χ2v) is 7.38. The molecule has 0 spiro atoms. The Morgan fingerprint density at radius 2 is 2.19 bits per heavy atom. The van der Waals surface area contributed by atoms with Gasteiger partial charge in [0.15, 0.2) is 0 Å². The molecule has 1 amide bonds. The second kappa shape index (κ2) is 10.1. The molecule has 2 atom stereocenters. The van der Waals surface area contributed by atoms with E-state index in [9.17, 15) is 4.79 Å². The minimum Gasteiger partial charge on any atom is -0.487 e. The molecule has 2 N–H and O–H groups in total. The number of amides is 1. The van der Waals surface area contributed by atoms with Gasteiger partial charge in [0.25, 0.3) is 5.91 Å². The first kappa shape index (κ1) is 22.7. The molecular weight excluding hydrogens is 393 g/mol. The number of halogens is 2. The van der Waals surface area contributed by atoms with Crippen molar-refractivity contribution < 1.29 is 9.53 Å². The maximum atomic E-state index is 12.8. The molecule has 0 radical (unpaired) electrons. The number of ether oxygens (including phenoxy) is 1. The van der Waals surface area contributed by atoms with E-state index in [0.29, 0.717) is 30.4 Å². The summed E-state index contributed by atoms with van der Waals surface area (Å²) in [5, 5.41) is 3.01. The fourth-order valence-electron chi connectivity index (χ4n) is 3.11. The molecule has 144 valence electrons. The van der Waals surface area contributed by atoms with Gasteiger partial charge in [0.05, 0.1) is 10.7 Å². The van der Waals surface area contributed by atoms with Crippen LogP contribution in [-0.2, 0) is 6.61 Å². The van der Waals surface area contributed by atoms with Crippen LogP contribution in [0.3, 0.4) is 0 Å². The van der Waals surface area contributed by atoms with Crippen molar-refractivity contribution in [2.75, 3.05) is 13.1 Å². The highest BCUT2D eigenvalue weighted by Crippen LogP contribution is 2.25. The van der Waals surface area contributed by atoms with Crippen LogP contribution in [0.15, 0.2) is 29.6 Å². The Bertz CT molecular complexity index is 726. The van der Waals surface area contributed by atoms with Crippen molar-refractivity contribution in [3.05, 3.63) is 45.9 Å². The molecule has 0 saturated carbocycles. The molecule has 1 fully saturated rings. The zero-order chi connectivity index (χ0) is 17.1. The Balaban J connectivity index is 0.00000169. The summed E-state index contributed by atoms with van der Waals surface area (Å²) in [4.78, 5) is 19.1. The average molecular weight is 418 g/mol. The smallest absolute Gasteiger partial charge is 0.254 e. The maximum absolute atomic E-state index is 12.8. The van der Waals surface area contributed by atoms with Gasteiger partial charge < -0.3 is 15.4 Å². The first-order valence-corrected chi connectivity index (χ1v) is 9.09. The molecule has 3 rings (SSSR count). The summed E-state index contributed by atoms with van der Waals surface area (Å²) in [6.45, 7) is 5.83. The van der Waals surface area contributed by atoms with E-state index in [2.05, 4.69) is 11.9 Å². The summed E-state index contributed by atoms with van der Waals surface area (Å²) < 4.78 is 5.78. The summed E-state index contributed by atoms with van der Waals surface area (Å²) in [7, 11) is 0. The third-order valence-electron chi connectivity index (χ3n) is 4.39. The fraction of sp³-hybridized carbons (Fsp3) is 0.444. The van der Waals surface area contributed by atoms with Crippen molar-refractivity contribution in [3.63, 3.8) is 0 Å². The lowest BCUT2D eigenvalue weighted by molar-refractivity contribution is 0.0743. The fourth-order valence-corrected chi connectivity index (χ4v) is 3.71. The molecule has 2 heterocycles. The summed E-state index contributed by atoms with van der Waals surface area (Å²) >= 11 is 1.60. The van der Waals surface area contributed by atoms with E-state index in [4.69, 9.17) is 10.5 Å². The van der Waals surface area contributed by atoms with Gasteiger partial charge in [-0.05, 0) is 50.9 Å². The molecule has 1 aliphatic rings. The topological polar surface area (TPSA) is 68.5 Å². The van der Waals surface area contributed by atoms with Crippen LogP contribution in [0.25, 0.3) is 0 Å². The molecule has 8 heteroatoms. The second-order valence-electron chi connectivity index (χ2n) is 6.32. The molecule has 1 aliphatic heterocycles. The molecule has 0 bridgehead atoms. The monoisotopic (exact) mass is 417 g/mol. The Kier molecular flexibility index (Phi) is 8.83. The Labute approximate surface area is 170 Å². The number of aromatic nitrogens is 1.